The van der Waals surface area contributed by atoms with Gasteiger partial charge < -0.3 is 15.0 Å². The molecular weight excluding hydrogens is 354 g/mol. The number of carbonyl (C=O) groups is 2. The third-order valence-corrected chi connectivity index (χ3v) is 4.16. The van der Waals surface area contributed by atoms with Crippen molar-refractivity contribution in [2.24, 2.45) is 0 Å². The molecule has 6 heteroatoms. The fourth-order valence-corrected chi connectivity index (χ4v) is 2.73. The van der Waals surface area contributed by atoms with Crippen LogP contribution in [0, 0.1) is 0 Å². The van der Waals surface area contributed by atoms with Crippen LogP contribution in [-0.2, 0) is 11.3 Å². The number of nitrogens with one attached hydrogen (secondary N) is 1. The van der Waals surface area contributed by atoms with Crippen LogP contribution in [0.25, 0.3) is 0 Å². The first kappa shape index (κ1) is 19.1. The fraction of sp³-hybridized carbons (Fsp3) is 0.136. The van der Waals surface area contributed by atoms with Crippen LogP contribution in [0.5, 0.6) is 0 Å². The van der Waals surface area contributed by atoms with Crippen molar-refractivity contribution >= 4 is 23.3 Å². The molecule has 3 aromatic rings. The normalized spacial score (nSPS) is 10.2. The number of aromatic nitrogens is 1. The number of ether oxygens (including phenoxy) is 1. The minimum absolute atomic E-state index is 0.150. The smallest absolute Gasteiger partial charge is 0.337 e. The average molecular weight is 375 g/mol. The molecule has 0 saturated heterocycles. The largest absolute Gasteiger partial charge is 0.465 e. The quantitative estimate of drug-likeness (QED) is 0.662. The van der Waals surface area contributed by atoms with Gasteiger partial charge in [-0.2, -0.15) is 0 Å². The van der Waals surface area contributed by atoms with Crippen LogP contribution < -0.4 is 5.32 Å². The standard InChI is InChI=1S/C22H21N3O3/c1-25(15-16-7-4-3-5-8-16)21(26)20-12-11-19(14-23-20)24-18-10-6-9-17(13-18)22(27)28-2/h3-14,24H,15H2,1-2H3. The van der Waals surface area contributed by atoms with E-state index in [2.05, 4.69) is 10.3 Å². The number of esters is 1. The van der Waals surface area contributed by atoms with E-state index in [4.69, 9.17) is 4.74 Å². The first-order valence-corrected chi connectivity index (χ1v) is 8.77. The van der Waals surface area contributed by atoms with Crippen LogP contribution in [-0.4, -0.2) is 35.9 Å². The van der Waals surface area contributed by atoms with Crippen molar-refractivity contribution in [1.82, 2.24) is 9.88 Å². The molecule has 0 atom stereocenters. The van der Waals surface area contributed by atoms with Crippen molar-refractivity contribution in [3.63, 3.8) is 0 Å². The number of amides is 1. The Kier molecular flexibility index (Phi) is 6.01. The molecular formula is C22H21N3O3. The summed E-state index contributed by atoms with van der Waals surface area (Å²) in [5.74, 6) is -0.549. The van der Waals surface area contributed by atoms with E-state index < -0.39 is 5.97 Å². The van der Waals surface area contributed by atoms with Crippen LogP contribution in [0.15, 0.2) is 72.9 Å². The number of rotatable bonds is 6. The lowest BCUT2D eigenvalue weighted by Gasteiger charge is -2.17. The summed E-state index contributed by atoms with van der Waals surface area (Å²) in [5.41, 5.74) is 3.32. The molecule has 0 fully saturated rings. The van der Waals surface area contributed by atoms with Gasteiger partial charge in [0, 0.05) is 19.3 Å². The van der Waals surface area contributed by atoms with Crippen LogP contribution in [0.4, 0.5) is 11.4 Å². The molecule has 142 valence electrons. The van der Waals surface area contributed by atoms with Crippen LogP contribution in [0.1, 0.15) is 26.4 Å². The van der Waals surface area contributed by atoms with Gasteiger partial charge in [-0.15, -0.1) is 0 Å². The predicted molar refractivity (Wildman–Crippen MR) is 108 cm³/mol. The van der Waals surface area contributed by atoms with Gasteiger partial charge >= 0.3 is 5.97 Å². The van der Waals surface area contributed by atoms with Gasteiger partial charge in [-0.3, -0.25) is 4.79 Å². The Labute approximate surface area is 163 Å². The minimum atomic E-state index is -0.399. The number of pyridine rings is 1. The second-order valence-corrected chi connectivity index (χ2v) is 6.28. The highest BCUT2D eigenvalue weighted by Crippen LogP contribution is 2.18. The van der Waals surface area contributed by atoms with E-state index in [1.165, 1.54) is 7.11 Å². The van der Waals surface area contributed by atoms with Crippen molar-refractivity contribution in [1.29, 1.82) is 0 Å². The lowest BCUT2D eigenvalue weighted by Crippen LogP contribution is -2.26. The lowest BCUT2D eigenvalue weighted by molar-refractivity contribution is 0.0600. The van der Waals surface area contributed by atoms with Gasteiger partial charge in [0.1, 0.15) is 5.69 Å². The Morgan fingerprint density at radius 2 is 1.79 bits per heavy atom. The number of hydrogen-bond donors (Lipinski definition) is 1. The van der Waals surface area contributed by atoms with Gasteiger partial charge in [-0.1, -0.05) is 36.4 Å². The topological polar surface area (TPSA) is 71.5 Å². The summed E-state index contributed by atoms with van der Waals surface area (Å²) >= 11 is 0. The summed E-state index contributed by atoms with van der Waals surface area (Å²) in [6, 6.07) is 20.2. The van der Waals surface area contributed by atoms with E-state index in [0.717, 1.165) is 11.3 Å². The van der Waals surface area contributed by atoms with Gasteiger partial charge in [-0.05, 0) is 35.9 Å². The van der Waals surface area contributed by atoms with Gasteiger partial charge in [0.15, 0.2) is 0 Å². The predicted octanol–water partition coefficient (Wildman–Crippen LogP) is 3.88. The lowest BCUT2D eigenvalue weighted by atomic mass is 10.2. The maximum atomic E-state index is 12.6. The molecule has 3 rings (SSSR count). The summed E-state index contributed by atoms with van der Waals surface area (Å²) in [6.45, 7) is 0.516. The van der Waals surface area contributed by atoms with E-state index in [1.54, 1.807) is 48.5 Å². The third kappa shape index (κ3) is 4.73. The van der Waals surface area contributed by atoms with Crippen molar-refractivity contribution in [2.45, 2.75) is 6.54 Å². The monoisotopic (exact) mass is 375 g/mol. The number of nitrogens with zero attached hydrogens (tertiary/aromatic N) is 2. The van der Waals surface area contributed by atoms with Crippen molar-refractivity contribution < 1.29 is 14.3 Å². The molecule has 0 aliphatic carbocycles. The van der Waals surface area contributed by atoms with Crippen molar-refractivity contribution in [3.05, 3.63) is 89.7 Å². The maximum Gasteiger partial charge on any atom is 0.337 e. The number of hydrogen-bond acceptors (Lipinski definition) is 5. The highest BCUT2D eigenvalue weighted by molar-refractivity contribution is 5.92. The Morgan fingerprint density at radius 1 is 1.00 bits per heavy atom. The second-order valence-electron chi connectivity index (χ2n) is 6.28. The molecule has 0 bridgehead atoms. The van der Waals surface area contributed by atoms with E-state index in [9.17, 15) is 9.59 Å². The zero-order valence-electron chi connectivity index (χ0n) is 15.8. The molecule has 2 aromatic carbocycles. The van der Waals surface area contributed by atoms with Gasteiger partial charge in [0.25, 0.3) is 5.91 Å². The Hall–Kier alpha value is -3.67. The van der Waals surface area contributed by atoms with Crippen LogP contribution in [0.2, 0.25) is 0 Å². The highest BCUT2D eigenvalue weighted by Gasteiger charge is 2.13. The molecule has 1 heterocycles. The van der Waals surface area contributed by atoms with Crippen molar-refractivity contribution in [3.8, 4) is 0 Å². The van der Waals surface area contributed by atoms with Gasteiger partial charge in [0.2, 0.25) is 0 Å². The molecule has 0 unspecified atom stereocenters. The summed E-state index contributed by atoms with van der Waals surface area (Å²) in [4.78, 5) is 30.1. The Bertz CT molecular complexity index is 956. The number of methoxy groups -OCH3 is 1. The average Bonchev–Trinajstić information content (AvgIpc) is 2.74. The van der Waals surface area contributed by atoms with Crippen LogP contribution >= 0.6 is 0 Å². The molecule has 0 aliphatic heterocycles. The number of benzene rings is 2. The van der Waals surface area contributed by atoms with Gasteiger partial charge in [0.05, 0.1) is 24.6 Å². The fourth-order valence-electron chi connectivity index (χ4n) is 2.73. The third-order valence-electron chi connectivity index (χ3n) is 4.16. The molecule has 1 N–H and O–H groups in total. The highest BCUT2D eigenvalue weighted by atomic mass is 16.5. The zero-order chi connectivity index (χ0) is 19.9. The van der Waals surface area contributed by atoms with E-state index >= 15 is 0 Å². The molecule has 28 heavy (non-hydrogen) atoms. The van der Waals surface area contributed by atoms with E-state index in [1.807, 2.05) is 36.4 Å². The van der Waals surface area contributed by atoms with Crippen LogP contribution in [0.3, 0.4) is 0 Å². The van der Waals surface area contributed by atoms with E-state index in [-0.39, 0.29) is 5.91 Å². The molecule has 1 aromatic heterocycles. The summed E-state index contributed by atoms with van der Waals surface area (Å²) in [5, 5.41) is 3.16. The Morgan fingerprint density at radius 3 is 2.46 bits per heavy atom. The maximum absolute atomic E-state index is 12.6. The Balaban J connectivity index is 1.66. The molecule has 0 aliphatic rings. The first-order valence-electron chi connectivity index (χ1n) is 8.77. The minimum Gasteiger partial charge on any atom is -0.465 e. The summed E-state index contributed by atoms with van der Waals surface area (Å²) in [6.07, 6.45) is 1.59. The molecule has 0 saturated carbocycles. The van der Waals surface area contributed by atoms with Gasteiger partial charge in [-0.25, -0.2) is 9.78 Å². The second kappa shape index (κ2) is 8.81. The summed E-state index contributed by atoms with van der Waals surface area (Å²) in [7, 11) is 3.10. The number of carbonyl (C=O) groups excluding carboxylic acids is 2. The molecule has 6 nitrogen and oxygen atoms in total. The number of anilines is 2. The van der Waals surface area contributed by atoms with Crippen molar-refractivity contribution in [2.75, 3.05) is 19.5 Å². The zero-order valence-corrected chi connectivity index (χ0v) is 15.8. The molecule has 0 radical (unpaired) electrons. The first-order chi connectivity index (χ1) is 13.6. The SMILES string of the molecule is COC(=O)c1cccc(Nc2ccc(C(=O)N(C)Cc3ccccc3)nc2)c1. The summed E-state index contributed by atoms with van der Waals surface area (Å²) < 4.78 is 4.73. The van der Waals surface area contributed by atoms with E-state index in [0.29, 0.717) is 23.5 Å². The molecule has 1 amide bonds. The molecule has 0 spiro atoms.